The summed E-state index contributed by atoms with van der Waals surface area (Å²) in [7, 11) is 0. The molecule has 0 spiro atoms. The van der Waals surface area contributed by atoms with Crippen LogP contribution in [0.15, 0.2) is 46.3 Å². The van der Waals surface area contributed by atoms with E-state index >= 15 is 0 Å². The molecule has 1 aliphatic rings. The smallest absolute Gasteiger partial charge is 0.205 e. The molecule has 0 aliphatic heterocycles. The minimum absolute atomic E-state index is 0.482. The van der Waals surface area contributed by atoms with Gasteiger partial charge in [-0.25, -0.2) is 5.53 Å². The van der Waals surface area contributed by atoms with E-state index < -0.39 is 0 Å². The van der Waals surface area contributed by atoms with Gasteiger partial charge in [0.2, 0.25) is 0 Å². The van der Waals surface area contributed by atoms with Crippen LogP contribution in [0.5, 0.6) is 0 Å². The van der Waals surface area contributed by atoms with Crippen LogP contribution < -0.4 is 0 Å². The number of diazo groups is 1. The second-order valence-electron chi connectivity index (χ2n) is 2.01. The van der Waals surface area contributed by atoms with Gasteiger partial charge in [-0.3, -0.25) is 0 Å². The van der Waals surface area contributed by atoms with Crippen molar-refractivity contribution in [1.82, 2.24) is 0 Å². The number of allylic oxidation sites excluding steroid dienone is 5. The summed E-state index contributed by atoms with van der Waals surface area (Å²) in [4.78, 5) is 0. The van der Waals surface area contributed by atoms with Crippen molar-refractivity contribution >= 4 is 5.71 Å². The summed E-state index contributed by atoms with van der Waals surface area (Å²) in [6, 6.07) is 0. The van der Waals surface area contributed by atoms with E-state index in [0.29, 0.717) is 11.3 Å². The Balaban J connectivity index is 3.02. The molecule has 0 heterocycles. The zero-order chi connectivity index (χ0) is 8.81. The molecule has 0 saturated carbocycles. The summed E-state index contributed by atoms with van der Waals surface area (Å²) < 4.78 is 0. The zero-order valence-corrected chi connectivity index (χ0v) is 6.18. The van der Waals surface area contributed by atoms with Gasteiger partial charge < -0.3 is 0 Å². The van der Waals surface area contributed by atoms with E-state index in [4.69, 9.17) is 10.9 Å². The van der Waals surface area contributed by atoms with Gasteiger partial charge in [0, 0.05) is 5.57 Å². The normalized spacial score (nSPS) is 21.2. The Morgan fingerprint density at radius 2 is 2.17 bits per heavy atom. The van der Waals surface area contributed by atoms with Crippen LogP contribution in [0.2, 0.25) is 0 Å². The predicted molar refractivity (Wildman–Crippen MR) is 44.0 cm³/mol. The van der Waals surface area contributed by atoms with Crippen LogP contribution >= 0.6 is 0 Å². The Morgan fingerprint density at radius 1 is 1.42 bits per heavy atom. The average molecular weight is 160 g/mol. The second-order valence-corrected chi connectivity index (χ2v) is 2.01. The van der Waals surface area contributed by atoms with Gasteiger partial charge in [0.25, 0.3) is 5.39 Å². The van der Waals surface area contributed by atoms with Gasteiger partial charge in [-0.05, 0) is 6.08 Å². The van der Waals surface area contributed by atoms with Gasteiger partial charge in [-0.15, -0.1) is 0 Å². The van der Waals surface area contributed by atoms with Crippen LogP contribution in [0.25, 0.3) is 5.08 Å². The van der Waals surface area contributed by atoms with Crippen molar-refractivity contribution in [3.8, 4) is 0 Å². The van der Waals surface area contributed by atoms with Crippen LogP contribution in [0, 0.1) is 10.9 Å². The molecule has 0 amide bonds. The molecule has 1 N–H and O–H groups in total. The third kappa shape index (κ3) is 1.70. The zero-order valence-electron chi connectivity index (χ0n) is 6.18. The Labute approximate surface area is 68.9 Å². The summed E-state index contributed by atoms with van der Waals surface area (Å²) >= 11 is 0. The molecule has 0 radical (unpaired) electrons. The lowest BCUT2D eigenvalue weighted by atomic mass is 10.1. The first-order chi connectivity index (χ1) is 5.88. The van der Waals surface area contributed by atoms with Crippen molar-refractivity contribution in [2.24, 2.45) is 10.2 Å². The highest BCUT2D eigenvalue weighted by Crippen LogP contribution is 2.08. The largest absolute Gasteiger partial charge is 0.339 e. The van der Waals surface area contributed by atoms with Gasteiger partial charge in [0.15, 0.2) is 10.8 Å². The lowest BCUT2D eigenvalue weighted by Crippen LogP contribution is -1.98. The number of nitrogens with zero attached hydrogens (tertiary/aromatic N) is 4. The van der Waals surface area contributed by atoms with E-state index in [1.165, 1.54) is 6.20 Å². The van der Waals surface area contributed by atoms with Crippen molar-refractivity contribution < 1.29 is 0 Å². The van der Waals surface area contributed by atoms with Crippen molar-refractivity contribution in [2.75, 3.05) is 0 Å². The van der Waals surface area contributed by atoms with Crippen LogP contribution in [0.4, 0.5) is 0 Å². The van der Waals surface area contributed by atoms with Gasteiger partial charge in [-0.2, -0.15) is 5.11 Å². The Morgan fingerprint density at radius 3 is 2.83 bits per heavy atom. The van der Waals surface area contributed by atoms with Gasteiger partial charge in [0.1, 0.15) is 0 Å². The van der Waals surface area contributed by atoms with Crippen LogP contribution in [0.1, 0.15) is 0 Å². The van der Waals surface area contributed by atoms with Crippen molar-refractivity contribution in [3.63, 3.8) is 0 Å². The van der Waals surface area contributed by atoms with E-state index in [9.17, 15) is 0 Å². The van der Waals surface area contributed by atoms with Crippen molar-refractivity contribution in [1.29, 1.82) is 10.9 Å². The third-order valence-corrected chi connectivity index (χ3v) is 1.29. The summed E-state index contributed by atoms with van der Waals surface area (Å²) in [5.41, 5.74) is 7.73. The topological polar surface area (TPSA) is 76.7 Å². The molecule has 5 nitrogen and oxygen atoms in total. The van der Waals surface area contributed by atoms with E-state index in [1.807, 2.05) is 0 Å². The monoisotopic (exact) mass is 160 g/mol. The maximum atomic E-state index is 8.18. The minimum Gasteiger partial charge on any atom is -0.205 e. The Bertz CT molecular complexity index is 339. The van der Waals surface area contributed by atoms with Gasteiger partial charge >= 0.3 is 5.08 Å². The van der Waals surface area contributed by atoms with Crippen LogP contribution in [-0.2, 0) is 0 Å². The van der Waals surface area contributed by atoms with Crippen molar-refractivity contribution in [3.05, 3.63) is 41.2 Å². The minimum atomic E-state index is 0.482. The molecule has 5 heteroatoms. The van der Waals surface area contributed by atoms with Crippen molar-refractivity contribution in [2.45, 2.75) is 0 Å². The summed E-state index contributed by atoms with van der Waals surface area (Å²) in [5.74, 6) is 0. The summed E-state index contributed by atoms with van der Waals surface area (Å²) in [5, 5.41) is 17.4. The maximum Gasteiger partial charge on any atom is 0.339 e. The molecule has 12 heavy (non-hydrogen) atoms. The maximum absolute atomic E-state index is 8.18. The summed E-state index contributed by atoms with van der Waals surface area (Å²) in [6.45, 7) is 0. The lowest BCUT2D eigenvalue weighted by Gasteiger charge is -1.97. The SMILES string of the molecule is N#[N+]N=C1C=CC=CC1=CN=N. The van der Waals surface area contributed by atoms with Crippen LogP contribution in [-0.4, -0.2) is 5.71 Å². The summed E-state index contributed by atoms with van der Waals surface area (Å²) in [6.07, 6.45) is 8.25. The molecule has 0 aromatic carbocycles. The number of hydrogen-bond acceptors (Lipinski definition) is 4. The Kier molecular flexibility index (Phi) is 2.62. The molecule has 1 rings (SSSR count). The molecule has 0 aromatic rings. The van der Waals surface area contributed by atoms with Crippen LogP contribution in [0.3, 0.4) is 0 Å². The lowest BCUT2D eigenvalue weighted by molar-refractivity contribution is 1.14. The molecule has 0 unspecified atom stereocenters. The molecule has 0 bridgehead atoms. The van der Waals surface area contributed by atoms with Gasteiger partial charge in [-0.1, -0.05) is 18.2 Å². The first kappa shape index (κ1) is 8.01. The molecule has 0 saturated heterocycles. The average Bonchev–Trinajstić information content (AvgIpc) is 2.09. The highest BCUT2D eigenvalue weighted by atomic mass is 15.2. The highest BCUT2D eigenvalue weighted by molar-refractivity contribution is 6.11. The van der Waals surface area contributed by atoms with E-state index in [2.05, 4.69) is 15.3 Å². The van der Waals surface area contributed by atoms with E-state index in [0.717, 1.165) is 0 Å². The molecule has 1 aliphatic carbocycles. The van der Waals surface area contributed by atoms with E-state index in [1.54, 1.807) is 24.3 Å². The fraction of sp³-hybridized carbons (Fsp3) is 0. The number of rotatable bonds is 1. The van der Waals surface area contributed by atoms with Gasteiger partial charge in [0.05, 0.1) is 6.20 Å². The molecule has 58 valence electrons. The highest BCUT2D eigenvalue weighted by Gasteiger charge is 2.07. The van der Waals surface area contributed by atoms with E-state index in [-0.39, 0.29) is 0 Å². The molecule has 0 aromatic heterocycles. The predicted octanol–water partition coefficient (Wildman–Crippen LogP) is 2.24. The first-order valence-electron chi connectivity index (χ1n) is 3.22. The molecule has 0 fully saturated rings. The molecule has 0 atom stereocenters. The fourth-order valence-electron chi connectivity index (χ4n) is 0.805. The fourth-order valence-corrected chi connectivity index (χ4v) is 0.805. The molecular formula is C7H6N5+. The molecular weight excluding hydrogens is 154 g/mol. The third-order valence-electron chi connectivity index (χ3n) is 1.29. The first-order valence-corrected chi connectivity index (χ1v) is 3.22. The number of hydrogen-bond donors (Lipinski definition) is 1. The Hall–Kier alpha value is -2.09. The standard InChI is InChI=1S/C7H6N5/c8-10-5-6-3-1-2-4-7(6)11-12-9/h1-5,8H/q+1. The number of nitrogens with one attached hydrogen (secondary N) is 1. The second kappa shape index (κ2) is 3.93. The quantitative estimate of drug-likeness (QED) is 0.356.